The Morgan fingerprint density at radius 1 is 0.958 bits per heavy atom. The molecule has 134 valence electrons. The van der Waals surface area contributed by atoms with Gasteiger partial charge in [0.1, 0.15) is 0 Å². The average molecular weight is 473 g/mol. The molecule has 24 heavy (non-hydrogen) atoms. The molecule has 3 nitrogen and oxygen atoms in total. The number of halogens is 4. The monoisotopic (exact) mass is 473 g/mol. The summed E-state index contributed by atoms with van der Waals surface area (Å²) in [6.07, 6.45) is 0. The van der Waals surface area contributed by atoms with Crippen LogP contribution in [0.1, 0.15) is 25.3 Å². The molecule has 0 aliphatic rings. The van der Waals surface area contributed by atoms with Gasteiger partial charge in [-0.1, -0.05) is 0 Å². The molecule has 2 rings (SSSR count). The van der Waals surface area contributed by atoms with Crippen molar-refractivity contribution < 1.29 is 43.6 Å². The molecule has 1 unspecified atom stereocenters. The van der Waals surface area contributed by atoms with Crippen LogP contribution in [0.15, 0.2) is 54.6 Å². The summed E-state index contributed by atoms with van der Waals surface area (Å²) in [5, 5.41) is 0. The molecule has 0 aromatic heterocycles. The molecule has 0 bridgehead atoms. The Kier molecular flexibility index (Phi) is 5.31. The minimum absolute atomic E-state index is 0.110. The van der Waals surface area contributed by atoms with E-state index in [0.717, 1.165) is 17.7 Å². The van der Waals surface area contributed by atoms with Crippen molar-refractivity contribution in [2.24, 2.45) is 0 Å². The molecule has 1 atom stereocenters. The molecule has 8 heteroatoms. The summed E-state index contributed by atoms with van der Waals surface area (Å²) in [6.45, 7) is 3.78. The molecule has 0 spiro atoms. The van der Waals surface area contributed by atoms with Gasteiger partial charge in [0.05, 0.1) is 0 Å². The van der Waals surface area contributed by atoms with Crippen LogP contribution >= 0.6 is 0 Å². The molecule has 1 N–H and O–H groups in total. The van der Waals surface area contributed by atoms with Gasteiger partial charge in [-0.25, -0.2) is 0 Å². The van der Waals surface area contributed by atoms with Gasteiger partial charge >= 0.3 is 144 Å². The summed E-state index contributed by atoms with van der Waals surface area (Å²) in [7, 11) is -5.91. The SMILES string of the molecule is CC(C)c1ccc([I-](F)(c2ccccc2)C(F)(F)S(=O)(=O)O)cc1. The van der Waals surface area contributed by atoms with Crippen molar-refractivity contribution in [1.82, 2.24) is 0 Å². The fourth-order valence-corrected chi connectivity index (χ4v) is 10.8. The van der Waals surface area contributed by atoms with Crippen molar-refractivity contribution in [2.45, 2.75) is 23.0 Å². The van der Waals surface area contributed by atoms with Crippen LogP contribution in [0.4, 0.5) is 11.6 Å². The van der Waals surface area contributed by atoms with E-state index in [1.165, 1.54) is 42.5 Å². The van der Waals surface area contributed by atoms with E-state index in [2.05, 4.69) is 0 Å². The van der Waals surface area contributed by atoms with Gasteiger partial charge < -0.3 is 0 Å². The Bertz CT molecular complexity index is 808. The third-order valence-electron chi connectivity index (χ3n) is 3.47. The number of alkyl halides is 3. The van der Waals surface area contributed by atoms with Crippen LogP contribution in [-0.2, 0) is 10.1 Å². The Balaban J connectivity index is 2.73. The van der Waals surface area contributed by atoms with E-state index >= 15 is 2.86 Å². The Hall–Kier alpha value is -1.13. The van der Waals surface area contributed by atoms with Gasteiger partial charge in [-0.2, -0.15) is 0 Å². The van der Waals surface area contributed by atoms with E-state index in [1.807, 2.05) is 13.8 Å². The first-order chi connectivity index (χ1) is 11.0. The predicted octanol–water partition coefficient (Wildman–Crippen LogP) is 1.33. The van der Waals surface area contributed by atoms with Crippen molar-refractivity contribution >= 4 is 10.1 Å². The fraction of sp³-hybridized carbons (Fsp3) is 0.250. The summed E-state index contributed by atoms with van der Waals surface area (Å²) < 4.78 is 70.5. The van der Waals surface area contributed by atoms with Crippen molar-refractivity contribution in [3.05, 3.63) is 67.3 Å². The molecular formula is C16H17F3IO3S-. The van der Waals surface area contributed by atoms with E-state index in [1.54, 1.807) is 0 Å². The topological polar surface area (TPSA) is 54.4 Å². The number of rotatable bonds is 5. The second-order valence-corrected chi connectivity index (χ2v) is 14.3. The first-order valence-electron chi connectivity index (χ1n) is 6.98. The van der Waals surface area contributed by atoms with Gasteiger partial charge in [0.2, 0.25) is 0 Å². The van der Waals surface area contributed by atoms with Gasteiger partial charge in [0, 0.05) is 0 Å². The van der Waals surface area contributed by atoms with Crippen LogP contribution in [0.3, 0.4) is 0 Å². The first-order valence-corrected chi connectivity index (χ1v) is 12.5. The van der Waals surface area contributed by atoms with Gasteiger partial charge in [-0.15, -0.1) is 0 Å². The first kappa shape index (κ1) is 19.2. The maximum absolute atomic E-state index is 15.8. The third-order valence-corrected chi connectivity index (χ3v) is 13.7. The van der Waals surface area contributed by atoms with Crippen molar-refractivity contribution in [3.63, 3.8) is 0 Å². The standard InChI is InChI=1S/C16H17F3IO3S/c1-12(2)13-8-10-15(11-9-13)20(19,14-6-4-3-5-7-14)16(17,18)24(21,22)23/h3-12H,1-2H3,(H,21,22,23)/q-1. The van der Waals surface area contributed by atoms with Crippen molar-refractivity contribution in [1.29, 1.82) is 0 Å². The van der Waals surface area contributed by atoms with Crippen LogP contribution in [0.2, 0.25) is 0 Å². The van der Waals surface area contributed by atoms with Crippen LogP contribution in [0.25, 0.3) is 0 Å². The van der Waals surface area contributed by atoms with Gasteiger partial charge in [-0.3, -0.25) is 0 Å². The normalized spacial score (nSPS) is 16.6. The van der Waals surface area contributed by atoms with E-state index in [0.29, 0.717) is 0 Å². The molecule has 0 saturated carbocycles. The van der Waals surface area contributed by atoms with E-state index in [9.17, 15) is 17.2 Å². The van der Waals surface area contributed by atoms with Crippen molar-refractivity contribution in [3.8, 4) is 0 Å². The molecule has 0 aliphatic heterocycles. The molecule has 0 aliphatic carbocycles. The number of benzene rings is 2. The molecule has 0 saturated heterocycles. The zero-order valence-electron chi connectivity index (χ0n) is 13.0. The second kappa shape index (κ2) is 6.64. The Labute approximate surface area is 143 Å². The average Bonchev–Trinajstić information content (AvgIpc) is 2.53. The number of hydrogen-bond acceptors (Lipinski definition) is 2. The van der Waals surface area contributed by atoms with Crippen LogP contribution < -0.4 is 19.0 Å². The van der Waals surface area contributed by atoms with E-state index in [4.69, 9.17) is 4.55 Å². The summed E-state index contributed by atoms with van der Waals surface area (Å²) >= 11 is -6.15. The van der Waals surface area contributed by atoms with Gasteiger partial charge in [0.25, 0.3) is 0 Å². The molecule has 2 aromatic rings. The second-order valence-electron chi connectivity index (χ2n) is 5.42. The Morgan fingerprint density at radius 2 is 1.42 bits per heavy atom. The van der Waals surface area contributed by atoms with Crippen LogP contribution in [-0.4, -0.2) is 16.2 Å². The molecular weight excluding hydrogens is 456 g/mol. The van der Waals surface area contributed by atoms with Gasteiger partial charge in [0.15, 0.2) is 0 Å². The molecule has 2 aromatic carbocycles. The van der Waals surface area contributed by atoms with Gasteiger partial charge in [-0.05, 0) is 0 Å². The quantitative estimate of drug-likeness (QED) is 0.405. The van der Waals surface area contributed by atoms with Crippen LogP contribution in [0.5, 0.6) is 0 Å². The minimum atomic E-state index is -6.15. The number of hydrogen-bond donors (Lipinski definition) is 1. The summed E-state index contributed by atoms with van der Waals surface area (Å²) in [5.74, 6) is 0.110. The fourth-order valence-electron chi connectivity index (χ4n) is 2.12. The summed E-state index contributed by atoms with van der Waals surface area (Å²) in [6, 6.07) is 11.9. The van der Waals surface area contributed by atoms with E-state index in [-0.39, 0.29) is 13.1 Å². The summed E-state index contributed by atoms with van der Waals surface area (Å²) in [5.41, 5.74) is 0.811. The van der Waals surface area contributed by atoms with E-state index < -0.39 is 32.4 Å². The molecule has 0 heterocycles. The summed E-state index contributed by atoms with van der Waals surface area (Å²) in [4.78, 5) is 0. The van der Waals surface area contributed by atoms with Crippen molar-refractivity contribution in [2.75, 3.05) is 0 Å². The Morgan fingerprint density at radius 3 is 1.83 bits per heavy atom. The zero-order chi connectivity index (χ0) is 18.2. The molecule has 0 amide bonds. The molecule has 0 fully saturated rings. The molecule has 0 radical (unpaired) electrons. The third kappa shape index (κ3) is 3.18. The van der Waals surface area contributed by atoms with Crippen LogP contribution in [0, 0.1) is 7.14 Å². The zero-order valence-corrected chi connectivity index (χ0v) is 15.9. The maximum atomic E-state index is 15.8. The predicted molar refractivity (Wildman–Crippen MR) is 82.0 cm³/mol.